The fourth-order valence-electron chi connectivity index (χ4n) is 1.23. The van der Waals surface area contributed by atoms with Gasteiger partial charge in [-0.25, -0.2) is 0 Å². The van der Waals surface area contributed by atoms with E-state index >= 15 is 0 Å². The first-order valence-electron chi connectivity index (χ1n) is 4.89. The summed E-state index contributed by atoms with van der Waals surface area (Å²) in [5, 5.41) is 9.59. The molecule has 1 aromatic rings. The van der Waals surface area contributed by atoms with E-state index < -0.39 is 25.5 Å². The number of aliphatic hydroxyl groups excluding tert-OH is 1. The fourth-order valence-corrected chi connectivity index (χ4v) is 1.23. The lowest BCUT2D eigenvalue weighted by Crippen LogP contribution is -2.19. The minimum absolute atomic E-state index is 0.410. The Labute approximate surface area is 96.8 Å². The zero-order valence-corrected chi connectivity index (χ0v) is 9.20. The largest absolute Gasteiger partial charge is 0.497 e. The Hall–Kier alpha value is -1.27. The van der Waals surface area contributed by atoms with Crippen molar-refractivity contribution in [2.45, 2.75) is 12.3 Å². The number of hydrogen-bond donors (Lipinski definition) is 1. The first kappa shape index (κ1) is 13.8. The van der Waals surface area contributed by atoms with Crippen LogP contribution in [0.4, 0.5) is 13.2 Å². The van der Waals surface area contributed by atoms with Gasteiger partial charge in [-0.05, 0) is 17.7 Å². The van der Waals surface area contributed by atoms with Gasteiger partial charge >= 0.3 is 6.18 Å². The molecule has 0 heterocycles. The van der Waals surface area contributed by atoms with Crippen molar-refractivity contribution in [2.75, 3.05) is 20.3 Å². The Kier molecular flexibility index (Phi) is 4.77. The molecule has 96 valence electrons. The number of benzene rings is 1. The van der Waals surface area contributed by atoms with Gasteiger partial charge in [0.15, 0.2) is 0 Å². The lowest BCUT2D eigenvalue weighted by Gasteiger charge is -2.13. The summed E-state index contributed by atoms with van der Waals surface area (Å²) in [6.45, 7) is -1.78. The molecule has 0 spiro atoms. The summed E-state index contributed by atoms with van der Waals surface area (Å²) in [6, 6.07) is 6.44. The molecular formula is C11H13F3O3. The number of halogens is 3. The van der Waals surface area contributed by atoms with Crippen LogP contribution in [-0.2, 0) is 4.74 Å². The van der Waals surface area contributed by atoms with Gasteiger partial charge in [0.2, 0.25) is 0 Å². The highest BCUT2D eigenvalue weighted by atomic mass is 19.4. The molecule has 0 aromatic heterocycles. The van der Waals surface area contributed by atoms with Crippen molar-refractivity contribution in [2.24, 2.45) is 0 Å². The van der Waals surface area contributed by atoms with Crippen molar-refractivity contribution in [3.8, 4) is 5.75 Å². The monoisotopic (exact) mass is 250 g/mol. The second-order valence-electron chi connectivity index (χ2n) is 3.42. The first-order valence-corrected chi connectivity index (χ1v) is 4.89. The first-order chi connectivity index (χ1) is 7.92. The van der Waals surface area contributed by atoms with Crippen molar-refractivity contribution < 1.29 is 27.8 Å². The maximum Gasteiger partial charge on any atom is 0.411 e. The minimum atomic E-state index is -4.38. The van der Waals surface area contributed by atoms with Crippen LogP contribution in [0.25, 0.3) is 0 Å². The van der Waals surface area contributed by atoms with Crippen molar-refractivity contribution in [3.63, 3.8) is 0 Å². The highest BCUT2D eigenvalue weighted by Crippen LogP contribution is 2.20. The molecule has 6 heteroatoms. The van der Waals surface area contributed by atoms with E-state index in [4.69, 9.17) is 4.74 Å². The molecule has 0 amide bonds. The van der Waals surface area contributed by atoms with Crippen molar-refractivity contribution in [3.05, 3.63) is 29.8 Å². The lowest BCUT2D eigenvalue weighted by molar-refractivity contribution is -0.179. The molecule has 1 rings (SSSR count). The van der Waals surface area contributed by atoms with Gasteiger partial charge in [-0.2, -0.15) is 13.2 Å². The van der Waals surface area contributed by atoms with E-state index in [1.807, 2.05) is 0 Å². The van der Waals surface area contributed by atoms with Crippen LogP contribution in [0.2, 0.25) is 0 Å². The predicted molar refractivity (Wildman–Crippen MR) is 54.8 cm³/mol. The Morgan fingerprint density at radius 1 is 1.35 bits per heavy atom. The standard InChI is InChI=1S/C11H13F3O3/c1-16-9-4-2-3-8(5-9)10(15)6-17-7-11(12,13)14/h2-5,10,15H,6-7H2,1H3. The number of methoxy groups -OCH3 is 1. The Morgan fingerprint density at radius 3 is 2.65 bits per heavy atom. The van der Waals surface area contributed by atoms with E-state index in [1.54, 1.807) is 24.3 Å². The number of aliphatic hydroxyl groups is 1. The van der Waals surface area contributed by atoms with Crippen LogP contribution >= 0.6 is 0 Å². The molecule has 1 N–H and O–H groups in total. The van der Waals surface area contributed by atoms with E-state index in [0.717, 1.165) is 0 Å². The minimum Gasteiger partial charge on any atom is -0.497 e. The van der Waals surface area contributed by atoms with Gasteiger partial charge in [0.25, 0.3) is 0 Å². The summed E-state index contributed by atoms with van der Waals surface area (Å²) in [4.78, 5) is 0. The van der Waals surface area contributed by atoms with Crippen LogP contribution < -0.4 is 4.74 Å². The molecule has 17 heavy (non-hydrogen) atoms. The number of ether oxygens (including phenoxy) is 2. The predicted octanol–water partition coefficient (Wildman–Crippen LogP) is 2.31. The van der Waals surface area contributed by atoms with Gasteiger partial charge < -0.3 is 14.6 Å². The van der Waals surface area contributed by atoms with Crippen LogP contribution in [-0.4, -0.2) is 31.6 Å². The molecule has 1 atom stereocenters. The number of rotatable bonds is 5. The molecule has 0 bridgehead atoms. The van der Waals surface area contributed by atoms with Crippen molar-refractivity contribution in [1.29, 1.82) is 0 Å². The maximum absolute atomic E-state index is 11.8. The molecule has 3 nitrogen and oxygen atoms in total. The van der Waals surface area contributed by atoms with Crippen LogP contribution in [0.5, 0.6) is 5.75 Å². The van der Waals surface area contributed by atoms with Gasteiger partial charge in [0.1, 0.15) is 18.5 Å². The topological polar surface area (TPSA) is 38.7 Å². The summed E-state index contributed by atoms with van der Waals surface area (Å²) >= 11 is 0. The molecular weight excluding hydrogens is 237 g/mol. The zero-order valence-electron chi connectivity index (χ0n) is 9.20. The molecule has 0 aliphatic carbocycles. The Bertz CT molecular complexity index is 352. The van der Waals surface area contributed by atoms with E-state index in [0.29, 0.717) is 11.3 Å². The van der Waals surface area contributed by atoms with E-state index in [9.17, 15) is 18.3 Å². The average Bonchev–Trinajstić information content (AvgIpc) is 2.27. The summed E-state index contributed by atoms with van der Waals surface area (Å²) < 4.78 is 44.7. The molecule has 0 radical (unpaired) electrons. The van der Waals surface area contributed by atoms with E-state index in [1.165, 1.54) is 7.11 Å². The zero-order chi connectivity index (χ0) is 12.9. The van der Waals surface area contributed by atoms with Gasteiger partial charge in [-0.3, -0.25) is 0 Å². The van der Waals surface area contributed by atoms with Crippen molar-refractivity contribution in [1.82, 2.24) is 0 Å². The van der Waals surface area contributed by atoms with Crippen molar-refractivity contribution >= 4 is 0 Å². The molecule has 0 saturated carbocycles. The second-order valence-corrected chi connectivity index (χ2v) is 3.42. The highest BCUT2D eigenvalue weighted by Gasteiger charge is 2.27. The van der Waals surface area contributed by atoms with Crippen LogP contribution in [0, 0.1) is 0 Å². The molecule has 1 aromatic carbocycles. The van der Waals surface area contributed by atoms with E-state index in [2.05, 4.69) is 4.74 Å². The maximum atomic E-state index is 11.8. The summed E-state index contributed by atoms with van der Waals surface area (Å²) in [5.41, 5.74) is 0.450. The third kappa shape index (κ3) is 5.06. The van der Waals surface area contributed by atoms with Gasteiger partial charge in [-0.1, -0.05) is 12.1 Å². The van der Waals surface area contributed by atoms with Crippen LogP contribution in [0.1, 0.15) is 11.7 Å². The van der Waals surface area contributed by atoms with E-state index in [-0.39, 0.29) is 0 Å². The number of alkyl halides is 3. The summed E-state index contributed by atoms with van der Waals surface area (Å²) in [7, 11) is 1.46. The normalized spacial score (nSPS) is 13.5. The lowest BCUT2D eigenvalue weighted by atomic mass is 10.1. The van der Waals surface area contributed by atoms with Crippen LogP contribution in [0.15, 0.2) is 24.3 Å². The smallest absolute Gasteiger partial charge is 0.411 e. The second kappa shape index (κ2) is 5.88. The van der Waals surface area contributed by atoms with Crippen LogP contribution in [0.3, 0.4) is 0 Å². The summed E-state index contributed by atoms with van der Waals surface area (Å²) in [6.07, 6.45) is -5.49. The SMILES string of the molecule is COc1cccc(C(O)COCC(F)(F)F)c1. The molecule has 0 aliphatic rings. The molecule has 1 unspecified atom stereocenters. The number of hydrogen-bond acceptors (Lipinski definition) is 3. The Morgan fingerprint density at radius 2 is 2.06 bits per heavy atom. The average molecular weight is 250 g/mol. The highest BCUT2D eigenvalue weighted by molar-refractivity contribution is 5.29. The third-order valence-electron chi connectivity index (χ3n) is 2.02. The quantitative estimate of drug-likeness (QED) is 0.871. The third-order valence-corrected chi connectivity index (χ3v) is 2.02. The molecule has 0 saturated heterocycles. The molecule has 0 aliphatic heterocycles. The fraction of sp³-hybridized carbons (Fsp3) is 0.455. The summed E-state index contributed by atoms with van der Waals surface area (Å²) in [5.74, 6) is 0.525. The van der Waals surface area contributed by atoms with Gasteiger partial charge in [-0.15, -0.1) is 0 Å². The van der Waals surface area contributed by atoms with Gasteiger partial charge in [0, 0.05) is 0 Å². The Balaban J connectivity index is 2.49. The molecule has 0 fully saturated rings. The van der Waals surface area contributed by atoms with Gasteiger partial charge in [0.05, 0.1) is 13.7 Å².